The largest absolute Gasteiger partial charge is 0.303 e. The summed E-state index contributed by atoms with van der Waals surface area (Å²) in [5.74, 6) is 0. The van der Waals surface area contributed by atoms with Crippen LogP contribution in [-0.2, 0) is 24.1 Å². The molecule has 2 rings (SSSR count). The number of rotatable bonds is 5. The lowest BCUT2D eigenvalue weighted by Crippen LogP contribution is -2.03. The van der Waals surface area contributed by atoms with Crippen molar-refractivity contribution < 1.29 is 4.79 Å². The molecule has 0 N–H and O–H groups in total. The highest BCUT2D eigenvalue weighted by molar-refractivity contribution is 5.48. The molecule has 0 spiro atoms. The lowest BCUT2D eigenvalue weighted by molar-refractivity contribution is -0.107. The SMILES string of the molecule is O=CCCCCc1ccc2c(c1)CCCC2. The van der Waals surface area contributed by atoms with Crippen molar-refractivity contribution in [2.24, 2.45) is 0 Å². The van der Waals surface area contributed by atoms with Crippen LogP contribution in [0.5, 0.6) is 0 Å². The van der Waals surface area contributed by atoms with E-state index in [-0.39, 0.29) is 0 Å². The quantitative estimate of drug-likeness (QED) is 0.544. The maximum Gasteiger partial charge on any atom is 0.119 e. The van der Waals surface area contributed by atoms with Crippen LogP contribution in [0.3, 0.4) is 0 Å². The molecule has 0 aliphatic heterocycles. The van der Waals surface area contributed by atoms with E-state index in [2.05, 4.69) is 18.2 Å². The lowest BCUT2D eigenvalue weighted by atomic mass is 9.89. The first-order valence-corrected chi connectivity index (χ1v) is 6.44. The Kier molecular flexibility index (Phi) is 4.15. The standard InChI is InChI=1S/C15H20O/c16-11-5-1-2-6-13-9-10-14-7-3-4-8-15(14)12-13/h9-12H,1-8H2. The second kappa shape index (κ2) is 5.83. The molecule has 16 heavy (non-hydrogen) atoms. The summed E-state index contributed by atoms with van der Waals surface area (Å²) in [5.41, 5.74) is 4.58. The number of hydrogen-bond acceptors (Lipinski definition) is 1. The van der Waals surface area contributed by atoms with Crippen LogP contribution in [-0.4, -0.2) is 6.29 Å². The maximum atomic E-state index is 10.2. The third-order valence-corrected chi connectivity index (χ3v) is 3.45. The lowest BCUT2D eigenvalue weighted by Gasteiger charge is -2.16. The van der Waals surface area contributed by atoms with Crippen LogP contribution in [0, 0.1) is 0 Å². The molecule has 0 saturated carbocycles. The summed E-state index contributed by atoms with van der Waals surface area (Å²) in [5, 5.41) is 0. The highest BCUT2D eigenvalue weighted by Crippen LogP contribution is 2.22. The van der Waals surface area contributed by atoms with Crippen LogP contribution >= 0.6 is 0 Å². The van der Waals surface area contributed by atoms with E-state index < -0.39 is 0 Å². The Bertz CT molecular complexity index is 354. The van der Waals surface area contributed by atoms with Crippen LogP contribution in [0.15, 0.2) is 18.2 Å². The van der Waals surface area contributed by atoms with Crippen molar-refractivity contribution in [1.82, 2.24) is 0 Å². The van der Waals surface area contributed by atoms with E-state index in [9.17, 15) is 4.79 Å². The van der Waals surface area contributed by atoms with Crippen LogP contribution in [0.1, 0.15) is 48.8 Å². The average Bonchev–Trinajstić information content (AvgIpc) is 2.34. The van der Waals surface area contributed by atoms with E-state index in [0.29, 0.717) is 6.42 Å². The van der Waals surface area contributed by atoms with Gasteiger partial charge < -0.3 is 4.79 Å². The van der Waals surface area contributed by atoms with Crippen LogP contribution < -0.4 is 0 Å². The van der Waals surface area contributed by atoms with Crippen molar-refractivity contribution in [3.63, 3.8) is 0 Å². The molecule has 0 unspecified atom stereocenters. The highest BCUT2D eigenvalue weighted by atomic mass is 16.1. The zero-order valence-corrected chi connectivity index (χ0v) is 9.87. The monoisotopic (exact) mass is 216 g/mol. The number of carbonyl (C=O) groups excluding carboxylic acids is 1. The summed E-state index contributed by atoms with van der Waals surface area (Å²) in [6.07, 6.45) is 10.3. The van der Waals surface area contributed by atoms with Crippen LogP contribution in [0.4, 0.5) is 0 Å². The van der Waals surface area contributed by atoms with Gasteiger partial charge in [-0.25, -0.2) is 0 Å². The first kappa shape index (κ1) is 11.4. The Labute approximate surface area is 97.9 Å². The molecule has 1 aliphatic carbocycles. The zero-order valence-electron chi connectivity index (χ0n) is 9.87. The van der Waals surface area contributed by atoms with Crippen molar-refractivity contribution in [3.05, 3.63) is 34.9 Å². The smallest absolute Gasteiger partial charge is 0.119 e. The van der Waals surface area contributed by atoms with Crippen molar-refractivity contribution in [1.29, 1.82) is 0 Å². The fourth-order valence-corrected chi connectivity index (χ4v) is 2.50. The summed E-state index contributed by atoms with van der Waals surface area (Å²) in [7, 11) is 0. The summed E-state index contributed by atoms with van der Waals surface area (Å²) < 4.78 is 0. The Hall–Kier alpha value is -1.11. The van der Waals surface area contributed by atoms with Crippen LogP contribution in [0.25, 0.3) is 0 Å². The van der Waals surface area contributed by atoms with Gasteiger partial charge in [-0.05, 0) is 61.6 Å². The van der Waals surface area contributed by atoms with Gasteiger partial charge in [0.05, 0.1) is 0 Å². The van der Waals surface area contributed by atoms with E-state index in [1.165, 1.54) is 31.2 Å². The van der Waals surface area contributed by atoms with Gasteiger partial charge in [0.15, 0.2) is 0 Å². The van der Waals surface area contributed by atoms with E-state index in [1.54, 1.807) is 11.1 Å². The maximum absolute atomic E-state index is 10.2. The molecule has 1 aromatic carbocycles. The summed E-state index contributed by atoms with van der Waals surface area (Å²) in [4.78, 5) is 10.2. The van der Waals surface area contributed by atoms with E-state index in [0.717, 1.165) is 25.5 Å². The van der Waals surface area contributed by atoms with E-state index in [4.69, 9.17) is 0 Å². The van der Waals surface area contributed by atoms with Gasteiger partial charge in [0.25, 0.3) is 0 Å². The van der Waals surface area contributed by atoms with E-state index >= 15 is 0 Å². The molecule has 1 heteroatoms. The number of benzene rings is 1. The molecular formula is C15H20O. The third kappa shape index (κ3) is 2.94. The van der Waals surface area contributed by atoms with Crippen molar-refractivity contribution >= 4 is 6.29 Å². The summed E-state index contributed by atoms with van der Waals surface area (Å²) >= 11 is 0. The summed E-state index contributed by atoms with van der Waals surface area (Å²) in [6, 6.07) is 6.96. The first-order valence-electron chi connectivity index (χ1n) is 6.44. The molecule has 1 aromatic rings. The molecule has 0 atom stereocenters. The van der Waals surface area contributed by atoms with Gasteiger partial charge in [0.2, 0.25) is 0 Å². The Morgan fingerprint density at radius 1 is 1.06 bits per heavy atom. The van der Waals surface area contributed by atoms with Gasteiger partial charge in [-0.2, -0.15) is 0 Å². The predicted molar refractivity (Wildman–Crippen MR) is 66.7 cm³/mol. The molecule has 0 saturated heterocycles. The van der Waals surface area contributed by atoms with E-state index in [1.807, 2.05) is 0 Å². The van der Waals surface area contributed by atoms with Gasteiger partial charge in [-0.1, -0.05) is 18.2 Å². The Balaban J connectivity index is 1.92. The van der Waals surface area contributed by atoms with Gasteiger partial charge in [-0.15, -0.1) is 0 Å². The van der Waals surface area contributed by atoms with Gasteiger partial charge in [0.1, 0.15) is 6.29 Å². The fourth-order valence-electron chi connectivity index (χ4n) is 2.50. The fraction of sp³-hybridized carbons (Fsp3) is 0.533. The minimum absolute atomic E-state index is 0.713. The second-order valence-electron chi connectivity index (χ2n) is 4.72. The predicted octanol–water partition coefficient (Wildman–Crippen LogP) is 3.48. The zero-order chi connectivity index (χ0) is 11.2. The minimum Gasteiger partial charge on any atom is -0.303 e. The van der Waals surface area contributed by atoms with Crippen LogP contribution in [0.2, 0.25) is 0 Å². The van der Waals surface area contributed by atoms with Crippen molar-refractivity contribution in [2.75, 3.05) is 0 Å². The summed E-state index contributed by atoms with van der Waals surface area (Å²) in [6.45, 7) is 0. The molecule has 0 amide bonds. The average molecular weight is 216 g/mol. The molecule has 1 aliphatic rings. The second-order valence-corrected chi connectivity index (χ2v) is 4.72. The highest BCUT2D eigenvalue weighted by Gasteiger charge is 2.08. The molecule has 0 heterocycles. The Morgan fingerprint density at radius 3 is 2.69 bits per heavy atom. The number of carbonyl (C=O) groups is 1. The van der Waals surface area contributed by atoms with Crippen molar-refractivity contribution in [2.45, 2.75) is 51.4 Å². The van der Waals surface area contributed by atoms with Crippen molar-refractivity contribution in [3.8, 4) is 0 Å². The first-order chi connectivity index (χ1) is 7.90. The molecular weight excluding hydrogens is 196 g/mol. The number of fused-ring (bicyclic) bond motifs is 1. The molecule has 1 nitrogen and oxygen atoms in total. The Morgan fingerprint density at radius 2 is 1.88 bits per heavy atom. The van der Waals surface area contributed by atoms with Gasteiger partial charge in [-0.3, -0.25) is 0 Å². The molecule has 86 valence electrons. The number of aldehydes is 1. The number of aryl methyl sites for hydroxylation is 3. The number of hydrogen-bond donors (Lipinski definition) is 0. The topological polar surface area (TPSA) is 17.1 Å². The molecule has 0 aromatic heterocycles. The number of unbranched alkanes of at least 4 members (excludes halogenated alkanes) is 2. The van der Waals surface area contributed by atoms with Gasteiger partial charge >= 0.3 is 0 Å². The molecule has 0 fully saturated rings. The third-order valence-electron chi connectivity index (χ3n) is 3.45. The minimum atomic E-state index is 0.713. The normalized spacial score (nSPS) is 14.5. The molecule has 0 bridgehead atoms. The molecule has 0 radical (unpaired) electrons. The van der Waals surface area contributed by atoms with Gasteiger partial charge in [0, 0.05) is 6.42 Å².